The van der Waals surface area contributed by atoms with Gasteiger partial charge in [0.25, 0.3) is 0 Å². The van der Waals surface area contributed by atoms with E-state index in [1.807, 2.05) is 30.3 Å². The van der Waals surface area contributed by atoms with Crippen LogP contribution in [0.25, 0.3) is 0 Å². The Balaban J connectivity index is 2.93. The van der Waals surface area contributed by atoms with Gasteiger partial charge in [-0.2, -0.15) is 0 Å². The highest BCUT2D eigenvalue weighted by atomic mass is 16.4. The summed E-state index contributed by atoms with van der Waals surface area (Å²) in [6.45, 7) is 3.70. The first kappa shape index (κ1) is 16.5. The number of oxime groups is 1. The van der Waals surface area contributed by atoms with E-state index in [-0.39, 0.29) is 18.5 Å². The summed E-state index contributed by atoms with van der Waals surface area (Å²) < 4.78 is 0. The second-order valence-corrected chi connectivity index (χ2v) is 4.84. The fraction of sp³-hybridized carbons (Fsp3) is 0.533. The second-order valence-electron chi connectivity index (χ2n) is 4.84. The molecule has 5 nitrogen and oxygen atoms in total. The smallest absolute Gasteiger partial charge is 0.141 e. The standard InChI is InChI=1S/C15H25N3O2/c1-2-3-9-18(10-11-19)14(12-15(16)17-20)13-7-5-4-6-8-13/h4-8,14,19-20H,2-3,9-12H2,1H3,(H2,16,17). The zero-order chi connectivity index (χ0) is 14.8. The van der Waals surface area contributed by atoms with Gasteiger partial charge in [-0.25, -0.2) is 0 Å². The Morgan fingerprint density at radius 3 is 2.55 bits per heavy atom. The molecule has 0 fully saturated rings. The highest BCUT2D eigenvalue weighted by Crippen LogP contribution is 2.24. The first-order valence-corrected chi connectivity index (χ1v) is 7.09. The number of aliphatic hydroxyl groups is 1. The van der Waals surface area contributed by atoms with E-state index >= 15 is 0 Å². The summed E-state index contributed by atoms with van der Waals surface area (Å²) in [5.41, 5.74) is 6.80. The van der Waals surface area contributed by atoms with Gasteiger partial charge >= 0.3 is 0 Å². The Labute approximate surface area is 120 Å². The van der Waals surface area contributed by atoms with Gasteiger partial charge in [0.2, 0.25) is 0 Å². The Morgan fingerprint density at radius 1 is 1.30 bits per heavy atom. The lowest BCUT2D eigenvalue weighted by molar-refractivity contribution is 0.150. The van der Waals surface area contributed by atoms with Gasteiger partial charge in [0.1, 0.15) is 5.84 Å². The Hall–Kier alpha value is -1.59. The summed E-state index contributed by atoms with van der Waals surface area (Å²) in [5, 5.41) is 21.2. The summed E-state index contributed by atoms with van der Waals surface area (Å²) in [4.78, 5) is 2.19. The maximum absolute atomic E-state index is 9.27. The topological polar surface area (TPSA) is 82.1 Å². The minimum Gasteiger partial charge on any atom is -0.409 e. The first-order valence-electron chi connectivity index (χ1n) is 7.09. The first-order chi connectivity index (χ1) is 9.72. The zero-order valence-electron chi connectivity index (χ0n) is 12.1. The lowest BCUT2D eigenvalue weighted by Gasteiger charge is -2.31. The molecule has 0 aromatic heterocycles. The number of rotatable bonds is 9. The van der Waals surface area contributed by atoms with Crippen molar-refractivity contribution in [3.8, 4) is 0 Å². The van der Waals surface area contributed by atoms with Crippen LogP contribution in [0.2, 0.25) is 0 Å². The molecule has 0 saturated heterocycles. The van der Waals surface area contributed by atoms with E-state index in [9.17, 15) is 5.11 Å². The fourth-order valence-electron chi connectivity index (χ4n) is 2.29. The van der Waals surface area contributed by atoms with Crippen molar-refractivity contribution in [1.82, 2.24) is 4.90 Å². The fourth-order valence-corrected chi connectivity index (χ4v) is 2.29. The van der Waals surface area contributed by atoms with Gasteiger partial charge in [-0.3, -0.25) is 4.90 Å². The van der Waals surface area contributed by atoms with Crippen LogP contribution < -0.4 is 5.73 Å². The number of nitrogens with zero attached hydrogens (tertiary/aromatic N) is 2. The molecule has 112 valence electrons. The van der Waals surface area contributed by atoms with Crippen molar-refractivity contribution in [3.63, 3.8) is 0 Å². The molecule has 5 heteroatoms. The normalized spacial score (nSPS) is 13.7. The maximum Gasteiger partial charge on any atom is 0.141 e. The highest BCUT2D eigenvalue weighted by Gasteiger charge is 2.21. The van der Waals surface area contributed by atoms with E-state index in [1.54, 1.807) is 0 Å². The lowest BCUT2D eigenvalue weighted by atomic mass is 10.0. The predicted octanol–water partition coefficient (Wildman–Crippen LogP) is 1.96. The average Bonchev–Trinajstić information content (AvgIpc) is 2.50. The monoisotopic (exact) mass is 279 g/mol. The van der Waals surface area contributed by atoms with Crippen LogP contribution in [0.3, 0.4) is 0 Å². The average molecular weight is 279 g/mol. The quantitative estimate of drug-likeness (QED) is 0.279. The molecule has 1 aromatic carbocycles. The molecule has 0 heterocycles. The van der Waals surface area contributed by atoms with Crippen molar-refractivity contribution in [3.05, 3.63) is 35.9 Å². The molecule has 0 radical (unpaired) electrons. The number of amidine groups is 1. The summed E-state index contributed by atoms with van der Waals surface area (Å²) >= 11 is 0. The van der Waals surface area contributed by atoms with Crippen molar-refractivity contribution in [1.29, 1.82) is 0 Å². The van der Waals surface area contributed by atoms with Gasteiger partial charge in [0.15, 0.2) is 0 Å². The minimum atomic E-state index is 0.0193. The third kappa shape index (κ3) is 5.19. The molecular formula is C15H25N3O2. The number of hydrogen-bond acceptors (Lipinski definition) is 4. The molecule has 0 amide bonds. The molecule has 20 heavy (non-hydrogen) atoms. The van der Waals surface area contributed by atoms with Gasteiger partial charge in [-0.1, -0.05) is 48.8 Å². The predicted molar refractivity (Wildman–Crippen MR) is 80.8 cm³/mol. The molecule has 1 rings (SSSR count). The van der Waals surface area contributed by atoms with Crippen LogP contribution in [0.5, 0.6) is 0 Å². The maximum atomic E-state index is 9.27. The van der Waals surface area contributed by atoms with Crippen molar-refractivity contribution < 1.29 is 10.3 Å². The van der Waals surface area contributed by atoms with Crippen LogP contribution in [0, 0.1) is 0 Å². The van der Waals surface area contributed by atoms with Crippen molar-refractivity contribution in [2.24, 2.45) is 10.9 Å². The zero-order valence-corrected chi connectivity index (χ0v) is 12.1. The van der Waals surface area contributed by atoms with E-state index in [1.165, 1.54) is 0 Å². The van der Waals surface area contributed by atoms with E-state index in [2.05, 4.69) is 17.0 Å². The summed E-state index contributed by atoms with van der Waals surface area (Å²) in [5.74, 6) is 0.207. The molecule has 0 aliphatic rings. The van der Waals surface area contributed by atoms with E-state index in [0.717, 1.165) is 24.9 Å². The van der Waals surface area contributed by atoms with E-state index in [4.69, 9.17) is 10.9 Å². The van der Waals surface area contributed by atoms with Crippen LogP contribution in [-0.2, 0) is 0 Å². The van der Waals surface area contributed by atoms with E-state index in [0.29, 0.717) is 13.0 Å². The lowest BCUT2D eigenvalue weighted by Crippen LogP contribution is -2.35. The molecule has 1 atom stereocenters. The molecule has 1 unspecified atom stereocenters. The molecular weight excluding hydrogens is 254 g/mol. The van der Waals surface area contributed by atoms with E-state index < -0.39 is 0 Å². The molecule has 0 bridgehead atoms. The van der Waals surface area contributed by atoms with Crippen LogP contribution >= 0.6 is 0 Å². The SMILES string of the molecule is CCCCN(CCO)C(CC(N)=NO)c1ccccc1. The number of hydrogen-bond donors (Lipinski definition) is 3. The Bertz CT molecular complexity index is 395. The molecule has 0 saturated carbocycles. The summed E-state index contributed by atoms with van der Waals surface area (Å²) in [6, 6.07) is 10.0. The highest BCUT2D eigenvalue weighted by molar-refractivity contribution is 5.80. The van der Waals surface area contributed by atoms with Crippen LogP contribution in [0.15, 0.2) is 35.5 Å². The van der Waals surface area contributed by atoms with Gasteiger partial charge in [0, 0.05) is 19.0 Å². The van der Waals surface area contributed by atoms with Gasteiger partial charge < -0.3 is 16.0 Å². The van der Waals surface area contributed by atoms with Gasteiger partial charge in [-0.15, -0.1) is 0 Å². The van der Waals surface area contributed by atoms with Crippen molar-refractivity contribution >= 4 is 5.84 Å². The molecule has 0 spiro atoms. The minimum absolute atomic E-state index is 0.0193. The number of benzene rings is 1. The van der Waals surface area contributed by atoms with Crippen LogP contribution in [-0.4, -0.2) is 40.7 Å². The molecule has 0 aliphatic heterocycles. The summed E-state index contributed by atoms with van der Waals surface area (Å²) in [7, 11) is 0. The molecule has 1 aromatic rings. The third-order valence-corrected chi connectivity index (χ3v) is 3.34. The summed E-state index contributed by atoms with van der Waals surface area (Å²) in [6.07, 6.45) is 2.59. The second kappa shape index (κ2) is 9.34. The van der Waals surface area contributed by atoms with Crippen molar-refractivity contribution in [2.45, 2.75) is 32.2 Å². The number of unbranched alkanes of at least 4 members (excludes halogenated alkanes) is 1. The largest absolute Gasteiger partial charge is 0.409 e. The van der Waals surface area contributed by atoms with Crippen molar-refractivity contribution in [2.75, 3.05) is 19.7 Å². The van der Waals surface area contributed by atoms with Crippen LogP contribution in [0.4, 0.5) is 0 Å². The van der Waals surface area contributed by atoms with Crippen LogP contribution in [0.1, 0.15) is 37.8 Å². The van der Waals surface area contributed by atoms with Gasteiger partial charge in [0.05, 0.1) is 6.61 Å². The van der Waals surface area contributed by atoms with Gasteiger partial charge in [-0.05, 0) is 18.5 Å². The number of aliphatic hydroxyl groups excluding tert-OH is 1. The third-order valence-electron chi connectivity index (χ3n) is 3.34. The Kier molecular flexibility index (Phi) is 7.69. The molecule has 0 aliphatic carbocycles. The Morgan fingerprint density at radius 2 is 2.00 bits per heavy atom. The number of nitrogens with two attached hydrogens (primary N) is 1. The molecule has 4 N–H and O–H groups in total.